The largest absolute Gasteiger partial charge is 0.490 e. The van der Waals surface area contributed by atoms with Gasteiger partial charge in [0.05, 0.1) is 11.8 Å². The first-order valence-electron chi connectivity index (χ1n) is 8.46. The zero-order chi connectivity index (χ0) is 16.4. The molecule has 0 atom stereocenters. The number of imidazole rings is 1. The average Bonchev–Trinajstić information content (AvgIpc) is 3.35. The van der Waals surface area contributed by atoms with Crippen LogP contribution < -0.4 is 4.74 Å². The summed E-state index contributed by atoms with van der Waals surface area (Å²) in [6, 6.07) is 8.07. The van der Waals surface area contributed by atoms with Gasteiger partial charge in [-0.3, -0.25) is 0 Å². The zero-order valence-corrected chi connectivity index (χ0v) is 13.7. The summed E-state index contributed by atoms with van der Waals surface area (Å²) in [5.41, 5.74) is 1.67. The van der Waals surface area contributed by atoms with Crippen LogP contribution in [0.4, 0.5) is 0 Å². The van der Waals surface area contributed by atoms with Crippen LogP contribution in [-0.2, 0) is 6.42 Å². The van der Waals surface area contributed by atoms with E-state index in [0.29, 0.717) is 23.5 Å². The van der Waals surface area contributed by atoms with Gasteiger partial charge in [-0.15, -0.1) is 0 Å². The number of rotatable bonds is 5. The fraction of sp³-hybridized carbons (Fsp3) is 0.389. The molecule has 2 aromatic heterocycles. The standard InChI is InChI=1S/C18H20N4O2/c1-2-17-20-18(24-21-17)16-11-22(12-19-16)13-6-5-9-15(10-13)23-14-7-3-4-8-14/h5-6,9-12,14H,2-4,7-8H2,1H3. The fourth-order valence-corrected chi connectivity index (χ4v) is 2.99. The Morgan fingerprint density at radius 1 is 1.29 bits per heavy atom. The van der Waals surface area contributed by atoms with Crippen molar-refractivity contribution >= 4 is 0 Å². The second kappa shape index (κ2) is 6.47. The number of aryl methyl sites for hydroxylation is 1. The van der Waals surface area contributed by atoms with Crippen LogP contribution in [0.25, 0.3) is 17.3 Å². The summed E-state index contributed by atoms with van der Waals surface area (Å²) < 4.78 is 13.3. The third-order valence-corrected chi connectivity index (χ3v) is 4.31. The highest BCUT2D eigenvalue weighted by Gasteiger charge is 2.17. The lowest BCUT2D eigenvalue weighted by atomic mass is 10.2. The van der Waals surface area contributed by atoms with Crippen LogP contribution in [0.2, 0.25) is 0 Å². The smallest absolute Gasteiger partial charge is 0.278 e. The molecule has 0 unspecified atom stereocenters. The Morgan fingerprint density at radius 2 is 2.17 bits per heavy atom. The van der Waals surface area contributed by atoms with Crippen LogP contribution in [0, 0.1) is 0 Å². The Hall–Kier alpha value is -2.63. The molecular formula is C18H20N4O2. The second-order valence-corrected chi connectivity index (χ2v) is 6.06. The van der Waals surface area contributed by atoms with Crippen LogP contribution in [0.15, 0.2) is 41.3 Å². The molecule has 1 saturated carbocycles. The summed E-state index contributed by atoms with van der Waals surface area (Å²) in [5, 5.41) is 3.91. The summed E-state index contributed by atoms with van der Waals surface area (Å²) >= 11 is 0. The predicted octanol–water partition coefficient (Wildman–Crippen LogP) is 3.81. The molecule has 0 aliphatic heterocycles. The fourth-order valence-electron chi connectivity index (χ4n) is 2.99. The zero-order valence-electron chi connectivity index (χ0n) is 13.7. The number of aromatic nitrogens is 4. The molecule has 0 bridgehead atoms. The molecule has 2 heterocycles. The van der Waals surface area contributed by atoms with Crippen LogP contribution in [-0.4, -0.2) is 25.8 Å². The molecule has 0 spiro atoms. The summed E-state index contributed by atoms with van der Waals surface area (Å²) in [6.07, 6.45) is 9.56. The molecule has 1 aliphatic carbocycles. The van der Waals surface area contributed by atoms with Crippen LogP contribution in [0.1, 0.15) is 38.4 Å². The van der Waals surface area contributed by atoms with Gasteiger partial charge in [0.25, 0.3) is 5.89 Å². The third-order valence-electron chi connectivity index (χ3n) is 4.31. The van der Waals surface area contributed by atoms with Crippen molar-refractivity contribution in [2.45, 2.75) is 45.1 Å². The van der Waals surface area contributed by atoms with Gasteiger partial charge in [0.1, 0.15) is 17.8 Å². The topological polar surface area (TPSA) is 66.0 Å². The molecule has 1 aromatic carbocycles. The van der Waals surface area contributed by atoms with E-state index in [0.717, 1.165) is 30.7 Å². The summed E-state index contributed by atoms with van der Waals surface area (Å²) in [7, 11) is 0. The molecule has 0 radical (unpaired) electrons. The lowest BCUT2D eigenvalue weighted by molar-refractivity contribution is 0.210. The van der Waals surface area contributed by atoms with Gasteiger partial charge < -0.3 is 13.8 Å². The minimum Gasteiger partial charge on any atom is -0.490 e. The van der Waals surface area contributed by atoms with E-state index in [1.54, 1.807) is 6.33 Å². The summed E-state index contributed by atoms with van der Waals surface area (Å²) in [6.45, 7) is 1.99. The number of benzene rings is 1. The Balaban J connectivity index is 1.55. The van der Waals surface area contributed by atoms with Crippen LogP contribution in [0.3, 0.4) is 0 Å². The van der Waals surface area contributed by atoms with Crippen molar-refractivity contribution in [3.8, 4) is 23.0 Å². The van der Waals surface area contributed by atoms with Gasteiger partial charge in [-0.2, -0.15) is 4.98 Å². The summed E-state index contributed by atoms with van der Waals surface area (Å²) in [4.78, 5) is 8.68. The van der Waals surface area contributed by atoms with Gasteiger partial charge >= 0.3 is 0 Å². The van der Waals surface area contributed by atoms with Gasteiger partial charge in [0, 0.05) is 18.7 Å². The maximum atomic E-state index is 6.07. The monoisotopic (exact) mass is 324 g/mol. The first-order chi connectivity index (χ1) is 11.8. The van der Waals surface area contributed by atoms with E-state index < -0.39 is 0 Å². The van der Waals surface area contributed by atoms with E-state index in [9.17, 15) is 0 Å². The lowest BCUT2D eigenvalue weighted by Crippen LogP contribution is -2.10. The molecule has 1 fully saturated rings. The van der Waals surface area contributed by atoms with Crippen molar-refractivity contribution in [1.29, 1.82) is 0 Å². The molecule has 24 heavy (non-hydrogen) atoms. The van der Waals surface area contributed by atoms with E-state index in [2.05, 4.69) is 15.1 Å². The Kier molecular flexibility index (Phi) is 4.02. The highest BCUT2D eigenvalue weighted by atomic mass is 16.5. The van der Waals surface area contributed by atoms with Crippen LogP contribution >= 0.6 is 0 Å². The van der Waals surface area contributed by atoms with Crippen molar-refractivity contribution in [1.82, 2.24) is 19.7 Å². The molecule has 0 N–H and O–H groups in total. The first-order valence-corrected chi connectivity index (χ1v) is 8.46. The van der Waals surface area contributed by atoms with Crippen molar-refractivity contribution in [3.63, 3.8) is 0 Å². The number of hydrogen-bond donors (Lipinski definition) is 0. The van der Waals surface area contributed by atoms with E-state index in [1.807, 2.05) is 42.0 Å². The molecular weight excluding hydrogens is 304 g/mol. The molecule has 4 rings (SSSR count). The molecule has 1 aliphatic rings. The quantitative estimate of drug-likeness (QED) is 0.714. The van der Waals surface area contributed by atoms with Gasteiger partial charge in [0.15, 0.2) is 5.82 Å². The van der Waals surface area contributed by atoms with Gasteiger partial charge in [0.2, 0.25) is 0 Å². The molecule has 124 valence electrons. The Bertz CT molecular complexity index is 818. The maximum absolute atomic E-state index is 6.07. The van der Waals surface area contributed by atoms with Crippen molar-refractivity contribution in [2.24, 2.45) is 0 Å². The third kappa shape index (κ3) is 3.04. The predicted molar refractivity (Wildman–Crippen MR) is 89.1 cm³/mol. The van der Waals surface area contributed by atoms with E-state index in [4.69, 9.17) is 9.26 Å². The molecule has 0 amide bonds. The summed E-state index contributed by atoms with van der Waals surface area (Å²) in [5.74, 6) is 2.04. The normalized spacial score (nSPS) is 15.0. The minimum atomic E-state index is 0.351. The highest BCUT2D eigenvalue weighted by molar-refractivity contribution is 5.48. The van der Waals surface area contributed by atoms with Crippen molar-refractivity contribution in [3.05, 3.63) is 42.6 Å². The molecule has 6 heteroatoms. The number of ether oxygens (including phenoxy) is 1. The van der Waals surface area contributed by atoms with Gasteiger partial charge in [-0.05, 0) is 37.8 Å². The number of nitrogens with zero attached hydrogens (tertiary/aromatic N) is 4. The molecule has 0 saturated heterocycles. The Morgan fingerprint density at radius 3 is 2.96 bits per heavy atom. The van der Waals surface area contributed by atoms with Crippen molar-refractivity contribution in [2.75, 3.05) is 0 Å². The molecule has 6 nitrogen and oxygen atoms in total. The SMILES string of the molecule is CCc1noc(-c2cn(-c3cccc(OC4CCCC4)c3)cn2)n1. The average molecular weight is 324 g/mol. The lowest BCUT2D eigenvalue weighted by Gasteiger charge is -2.13. The second-order valence-electron chi connectivity index (χ2n) is 6.06. The minimum absolute atomic E-state index is 0.351. The Labute approximate surface area is 140 Å². The van der Waals surface area contributed by atoms with Crippen molar-refractivity contribution < 1.29 is 9.26 Å². The van der Waals surface area contributed by atoms with E-state index in [1.165, 1.54) is 12.8 Å². The first kappa shape index (κ1) is 14.9. The van der Waals surface area contributed by atoms with Gasteiger partial charge in [-0.25, -0.2) is 4.98 Å². The molecule has 3 aromatic rings. The highest BCUT2D eigenvalue weighted by Crippen LogP contribution is 2.26. The number of hydrogen-bond acceptors (Lipinski definition) is 5. The van der Waals surface area contributed by atoms with Crippen LogP contribution in [0.5, 0.6) is 5.75 Å². The van der Waals surface area contributed by atoms with E-state index in [-0.39, 0.29) is 0 Å². The van der Waals surface area contributed by atoms with Gasteiger partial charge in [-0.1, -0.05) is 18.1 Å². The maximum Gasteiger partial charge on any atom is 0.278 e. The van der Waals surface area contributed by atoms with E-state index >= 15 is 0 Å².